The van der Waals surface area contributed by atoms with Crippen LogP contribution in [-0.4, -0.2) is 24.8 Å². The van der Waals surface area contributed by atoms with Crippen molar-refractivity contribution in [3.63, 3.8) is 0 Å². The van der Waals surface area contributed by atoms with Crippen LogP contribution in [0.2, 0.25) is 10.0 Å². The first-order chi connectivity index (χ1) is 7.99. The van der Waals surface area contributed by atoms with Gasteiger partial charge >= 0.3 is 0 Å². The second-order valence-electron chi connectivity index (χ2n) is 4.53. The molecule has 0 amide bonds. The van der Waals surface area contributed by atoms with Crippen molar-refractivity contribution < 1.29 is 5.11 Å². The number of rotatable bonds is 5. The van der Waals surface area contributed by atoms with Crippen molar-refractivity contribution in [3.8, 4) is 0 Å². The molecule has 1 rings (SSSR count). The van der Waals surface area contributed by atoms with E-state index in [2.05, 4.69) is 5.32 Å². The quantitative estimate of drug-likeness (QED) is 0.864. The first-order valence-corrected chi connectivity index (χ1v) is 6.51. The Morgan fingerprint density at radius 1 is 1.24 bits per heavy atom. The zero-order chi connectivity index (χ0) is 13.0. The number of nitrogens with one attached hydrogen (secondary N) is 1. The average Bonchev–Trinajstić information content (AvgIpc) is 2.26. The minimum absolute atomic E-state index is 0.0961. The van der Waals surface area contributed by atoms with Crippen LogP contribution in [0, 0.1) is 5.92 Å². The van der Waals surface area contributed by atoms with Crippen molar-refractivity contribution in [1.29, 1.82) is 0 Å². The van der Waals surface area contributed by atoms with Gasteiger partial charge in [0.25, 0.3) is 0 Å². The molecule has 0 saturated heterocycles. The number of aliphatic hydroxyl groups excluding tert-OH is 1. The van der Waals surface area contributed by atoms with Crippen LogP contribution in [0.1, 0.15) is 25.3 Å². The minimum Gasteiger partial charge on any atom is -0.392 e. The standard InChI is InChI=1S/C13H19Cl2NO/c1-8(2)13(17)9(7-16-3)12-10(14)5-4-6-11(12)15/h4-6,8-9,13,16-17H,7H2,1-3H3/t9?,13-/m0/s1. The molecule has 0 aliphatic rings. The molecule has 4 heteroatoms. The summed E-state index contributed by atoms with van der Waals surface area (Å²) >= 11 is 12.4. The molecule has 2 N–H and O–H groups in total. The summed E-state index contributed by atoms with van der Waals surface area (Å²) in [5.74, 6) is 0.0573. The summed E-state index contributed by atoms with van der Waals surface area (Å²) in [6, 6.07) is 5.42. The number of hydrogen-bond acceptors (Lipinski definition) is 2. The maximum absolute atomic E-state index is 10.3. The second kappa shape index (κ2) is 6.60. The molecule has 1 aromatic rings. The van der Waals surface area contributed by atoms with Crippen LogP contribution in [0.25, 0.3) is 0 Å². The van der Waals surface area contributed by atoms with Crippen molar-refractivity contribution in [1.82, 2.24) is 5.32 Å². The van der Waals surface area contributed by atoms with E-state index < -0.39 is 6.10 Å². The first-order valence-electron chi connectivity index (χ1n) is 5.75. The van der Waals surface area contributed by atoms with Gasteiger partial charge in [-0.25, -0.2) is 0 Å². The molecule has 1 aromatic carbocycles. The van der Waals surface area contributed by atoms with Gasteiger partial charge in [-0.2, -0.15) is 0 Å². The van der Waals surface area contributed by atoms with Gasteiger partial charge in [-0.3, -0.25) is 0 Å². The number of benzene rings is 1. The molecule has 17 heavy (non-hydrogen) atoms. The molecule has 0 aliphatic heterocycles. The van der Waals surface area contributed by atoms with E-state index in [-0.39, 0.29) is 11.8 Å². The number of likely N-dealkylation sites (N-methyl/N-ethyl adjacent to an activating group) is 1. The van der Waals surface area contributed by atoms with Crippen LogP contribution in [0.5, 0.6) is 0 Å². The van der Waals surface area contributed by atoms with E-state index in [0.717, 1.165) is 5.56 Å². The lowest BCUT2D eigenvalue weighted by Crippen LogP contribution is -2.32. The first kappa shape index (κ1) is 14.8. The van der Waals surface area contributed by atoms with Gasteiger partial charge in [0.05, 0.1) is 6.10 Å². The Balaban J connectivity index is 3.13. The highest BCUT2D eigenvalue weighted by molar-refractivity contribution is 6.36. The van der Waals surface area contributed by atoms with E-state index in [4.69, 9.17) is 23.2 Å². The Morgan fingerprint density at radius 2 is 1.76 bits per heavy atom. The largest absolute Gasteiger partial charge is 0.392 e. The third-order valence-corrected chi connectivity index (χ3v) is 3.55. The zero-order valence-corrected chi connectivity index (χ0v) is 11.9. The molecule has 0 bridgehead atoms. The fourth-order valence-corrected chi connectivity index (χ4v) is 2.62. The molecular weight excluding hydrogens is 257 g/mol. The summed E-state index contributed by atoms with van der Waals surface area (Å²) < 4.78 is 0. The molecule has 2 atom stereocenters. The highest BCUT2D eigenvalue weighted by atomic mass is 35.5. The topological polar surface area (TPSA) is 32.3 Å². The monoisotopic (exact) mass is 275 g/mol. The smallest absolute Gasteiger partial charge is 0.0644 e. The van der Waals surface area contributed by atoms with Crippen molar-refractivity contribution >= 4 is 23.2 Å². The summed E-state index contributed by atoms with van der Waals surface area (Å²) in [5, 5.41) is 14.6. The fraction of sp³-hybridized carbons (Fsp3) is 0.538. The van der Waals surface area contributed by atoms with E-state index in [1.165, 1.54) is 0 Å². The van der Waals surface area contributed by atoms with Gasteiger partial charge in [0, 0.05) is 22.5 Å². The van der Waals surface area contributed by atoms with Gasteiger partial charge in [-0.15, -0.1) is 0 Å². The van der Waals surface area contributed by atoms with Gasteiger partial charge < -0.3 is 10.4 Å². The van der Waals surface area contributed by atoms with Gasteiger partial charge in [0.2, 0.25) is 0 Å². The van der Waals surface area contributed by atoms with E-state index in [9.17, 15) is 5.11 Å². The lowest BCUT2D eigenvalue weighted by molar-refractivity contribution is 0.0961. The number of hydrogen-bond donors (Lipinski definition) is 2. The number of halogens is 2. The predicted molar refractivity (Wildman–Crippen MR) is 74.0 cm³/mol. The van der Waals surface area contributed by atoms with Crippen molar-refractivity contribution in [2.45, 2.75) is 25.9 Å². The Kier molecular flexibility index (Phi) is 5.74. The Hall–Kier alpha value is -0.280. The molecule has 0 spiro atoms. The molecule has 0 aliphatic carbocycles. The van der Waals surface area contributed by atoms with Gasteiger partial charge in [-0.1, -0.05) is 43.1 Å². The summed E-state index contributed by atoms with van der Waals surface area (Å²) in [6.07, 6.45) is -0.472. The van der Waals surface area contributed by atoms with Gasteiger partial charge in [0.15, 0.2) is 0 Å². The van der Waals surface area contributed by atoms with Crippen molar-refractivity contribution in [2.24, 2.45) is 5.92 Å². The van der Waals surface area contributed by atoms with E-state index >= 15 is 0 Å². The van der Waals surface area contributed by atoms with E-state index in [0.29, 0.717) is 16.6 Å². The SMILES string of the molecule is CNCC(c1c(Cl)cccc1Cl)[C@@H](O)C(C)C. The third kappa shape index (κ3) is 3.59. The fourth-order valence-electron chi connectivity index (χ4n) is 1.94. The normalized spacial score (nSPS) is 15.0. The second-order valence-corrected chi connectivity index (χ2v) is 5.35. The third-order valence-electron chi connectivity index (χ3n) is 2.89. The van der Waals surface area contributed by atoms with Gasteiger partial charge in [0.1, 0.15) is 0 Å². The Bertz CT molecular complexity index is 348. The van der Waals surface area contributed by atoms with Crippen LogP contribution >= 0.6 is 23.2 Å². The van der Waals surface area contributed by atoms with E-state index in [1.54, 1.807) is 12.1 Å². The lowest BCUT2D eigenvalue weighted by Gasteiger charge is -2.27. The summed E-state index contributed by atoms with van der Waals surface area (Å²) in [5.41, 5.74) is 0.825. The maximum Gasteiger partial charge on any atom is 0.0644 e. The lowest BCUT2D eigenvalue weighted by atomic mass is 9.87. The molecule has 0 radical (unpaired) electrons. The summed E-state index contributed by atoms with van der Waals surface area (Å²) in [7, 11) is 1.85. The summed E-state index contributed by atoms with van der Waals surface area (Å²) in [6.45, 7) is 4.61. The molecule has 96 valence electrons. The Labute approximate surface area is 113 Å². The number of aliphatic hydroxyl groups is 1. The molecular formula is C13H19Cl2NO. The predicted octanol–water partition coefficient (Wildman–Crippen LogP) is 3.31. The average molecular weight is 276 g/mol. The molecule has 0 heterocycles. The van der Waals surface area contributed by atoms with Crippen molar-refractivity contribution in [3.05, 3.63) is 33.8 Å². The van der Waals surface area contributed by atoms with Crippen LogP contribution < -0.4 is 5.32 Å². The summed E-state index contributed by atoms with van der Waals surface area (Å²) in [4.78, 5) is 0. The molecule has 0 saturated carbocycles. The molecule has 0 aromatic heterocycles. The zero-order valence-electron chi connectivity index (χ0n) is 10.4. The Morgan fingerprint density at radius 3 is 2.18 bits per heavy atom. The minimum atomic E-state index is -0.472. The van der Waals surface area contributed by atoms with Crippen LogP contribution in [0.3, 0.4) is 0 Å². The van der Waals surface area contributed by atoms with Crippen LogP contribution in [-0.2, 0) is 0 Å². The van der Waals surface area contributed by atoms with E-state index in [1.807, 2.05) is 27.0 Å². The maximum atomic E-state index is 10.3. The highest BCUT2D eigenvalue weighted by Gasteiger charge is 2.26. The molecule has 1 unspecified atom stereocenters. The van der Waals surface area contributed by atoms with Gasteiger partial charge in [-0.05, 0) is 30.7 Å². The van der Waals surface area contributed by atoms with Crippen LogP contribution in [0.15, 0.2) is 18.2 Å². The molecule has 2 nitrogen and oxygen atoms in total. The molecule has 0 fully saturated rings. The van der Waals surface area contributed by atoms with Crippen LogP contribution in [0.4, 0.5) is 0 Å². The van der Waals surface area contributed by atoms with Crippen molar-refractivity contribution in [2.75, 3.05) is 13.6 Å². The highest BCUT2D eigenvalue weighted by Crippen LogP contribution is 2.34.